The van der Waals surface area contributed by atoms with Crippen molar-refractivity contribution in [3.05, 3.63) is 52.2 Å². The molecule has 1 unspecified atom stereocenters. The van der Waals surface area contributed by atoms with Gasteiger partial charge in [-0.3, -0.25) is 4.90 Å². The summed E-state index contributed by atoms with van der Waals surface area (Å²) in [7, 11) is 2.20. The molecule has 0 aliphatic rings. The molecule has 1 aromatic carbocycles. The number of thiophene rings is 1. The summed E-state index contributed by atoms with van der Waals surface area (Å²) in [6.07, 6.45) is 0. The summed E-state index contributed by atoms with van der Waals surface area (Å²) in [5.41, 5.74) is 8.03. The summed E-state index contributed by atoms with van der Waals surface area (Å²) < 4.78 is 0. The van der Waals surface area contributed by atoms with Crippen molar-refractivity contribution in [2.75, 3.05) is 19.3 Å². The van der Waals surface area contributed by atoms with E-state index in [2.05, 4.69) is 62.4 Å². The normalized spacial score (nSPS) is 13.7. The van der Waals surface area contributed by atoms with Gasteiger partial charge in [-0.25, -0.2) is 0 Å². The fourth-order valence-corrected chi connectivity index (χ4v) is 3.38. The summed E-state index contributed by atoms with van der Waals surface area (Å²) in [6, 6.07) is 13.0. The Kier molecular flexibility index (Phi) is 4.51. The van der Waals surface area contributed by atoms with Crippen molar-refractivity contribution in [2.45, 2.75) is 32.2 Å². The van der Waals surface area contributed by atoms with E-state index in [0.29, 0.717) is 6.04 Å². The van der Waals surface area contributed by atoms with Crippen LogP contribution in [0.15, 0.2) is 41.8 Å². The molecule has 0 saturated heterocycles. The highest BCUT2D eigenvalue weighted by atomic mass is 32.1. The van der Waals surface area contributed by atoms with Crippen molar-refractivity contribution in [1.82, 2.24) is 4.90 Å². The number of anilines is 1. The average Bonchev–Trinajstić information content (AvgIpc) is 2.91. The zero-order valence-corrected chi connectivity index (χ0v) is 13.6. The molecule has 2 N–H and O–H groups in total. The van der Waals surface area contributed by atoms with E-state index in [-0.39, 0.29) is 5.41 Å². The van der Waals surface area contributed by atoms with Crippen LogP contribution < -0.4 is 5.73 Å². The summed E-state index contributed by atoms with van der Waals surface area (Å²) in [5, 5.41) is 2.14. The van der Waals surface area contributed by atoms with Crippen LogP contribution in [-0.4, -0.2) is 18.5 Å². The van der Waals surface area contributed by atoms with Gasteiger partial charge in [-0.15, -0.1) is 11.3 Å². The van der Waals surface area contributed by atoms with E-state index in [4.69, 9.17) is 5.73 Å². The smallest absolute Gasteiger partial charge is 0.0410 e. The van der Waals surface area contributed by atoms with Gasteiger partial charge in [0.2, 0.25) is 0 Å². The number of nitrogens with zero attached hydrogens (tertiary/aromatic N) is 1. The van der Waals surface area contributed by atoms with Gasteiger partial charge in [0, 0.05) is 28.6 Å². The van der Waals surface area contributed by atoms with E-state index in [0.717, 1.165) is 12.2 Å². The molecule has 1 aromatic heterocycles. The fourth-order valence-electron chi connectivity index (χ4n) is 2.53. The lowest BCUT2D eigenvalue weighted by Crippen LogP contribution is -2.35. The molecule has 0 spiro atoms. The van der Waals surface area contributed by atoms with E-state index in [9.17, 15) is 0 Å². The number of nitrogen functional groups attached to an aromatic ring is 1. The van der Waals surface area contributed by atoms with Crippen molar-refractivity contribution in [1.29, 1.82) is 0 Å². The third-order valence-corrected chi connectivity index (χ3v) is 5.00. The lowest BCUT2D eigenvalue weighted by molar-refractivity contribution is 0.215. The van der Waals surface area contributed by atoms with Gasteiger partial charge in [0.1, 0.15) is 0 Å². The van der Waals surface area contributed by atoms with E-state index >= 15 is 0 Å². The highest BCUT2D eigenvalue weighted by molar-refractivity contribution is 7.10. The van der Waals surface area contributed by atoms with Crippen LogP contribution in [-0.2, 0) is 5.41 Å². The molecule has 0 aliphatic carbocycles. The monoisotopic (exact) mass is 288 g/mol. The highest BCUT2D eigenvalue weighted by Gasteiger charge is 2.25. The van der Waals surface area contributed by atoms with Crippen molar-refractivity contribution in [3.8, 4) is 0 Å². The number of hydrogen-bond acceptors (Lipinski definition) is 3. The molecule has 108 valence electrons. The van der Waals surface area contributed by atoms with Crippen LogP contribution in [0.25, 0.3) is 0 Å². The quantitative estimate of drug-likeness (QED) is 0.831. The first kappa shape index (κ1) is 15.1. The molecule has 3 heteroatoms. The van der Waals surface area contributed by atoms with E-state index in [1.165, 1.54) is 10.4 Å². The Hall–Kier alpha value is -1.32. The van der Waals surface area contributed by atoms with Crippen molar-refractivity contribution >= 4 is 17.0 Å². The molecule has 0 amide bonds. The molecule has 2 aromatic rings. The first-order valence-corrected chi connectivity index (χ1v) is 7.88. The number of benzene rings is 1. The zero-order chi connectivity index (χ0) is 14.8. The Balaban J connectivity index is 2.09. The van der Waals surface area contributed by atoms with Crippen LogP contribution in [0.2, 0.25) is 0 Å². The van der Waals surface area contributed by atoms with E-state index in [1.807, 2.05) is 23.5 Å². The summed E-state index contributed by atoms with van der Waals surface area (Å²) in [6.45, 7) is 7.85. The van der Waals surface area contributed by atoms with Crippen LogP contribution in [0.1, 0.15) is 37.3 Å². The predicted octanol–water partition coefficient (Wildman–Crippen LogP) is 4.30. The van der Waals surface area contributed by atoms with Crippen LogP contribution in [0, 0.1) is 0 Å². The Morgan fingerprint density at radius 1 is 1.20 bits per heavy atom. The van der Waals surface area contributed by atoms with Gasteiger partial charge in [-0.05, 0) is 43.1 Å². The second-order valence-electron chi connectivity index (χ2n) is 6.11. The topological polar surface area (TPSA) is 29.3 Å². The summed E-state index contributed by atoms with van der Waals surface area (Å²) in [4.78, 5) is 3.84. The molecule has 0 bridgehead atoms. The minimum atomic E-state index is 0.105. The standard InChI is InChI=1S/C17H24N2S/c1-13(16-6-5-11-20-16)19(4)12-17(2,3)14-7-9-15(18)10-8-14/h5-11,13H,12,18H2,1-4H3. The minimum Gasteiger partial charge on any atom is -0.399 e. The third-order valence-electron chi connectivity index (χ3n) is 3.95. The van der Waals surface area contributed by atoms with Gasteiger partial charge in [0.25, 0.3) is 0 Å². The first-order chi connectivity index (χ1) is 9.40. The number of rotatable bonds is 5. The lowest BCUT2D eigenvalue weighted by Gasteiger charge is -2.34. The van der Waals surface area contributed by atoms with Gasteiger partial charge >= 0.3 is 0 Å². The van der Waals surface area contributed by atoms with Crippen LogP contribution in [0.5, 0.6) is 0 Å². The van der Waals surface area contributed by atoms with Gasteiger partial charge in [0.05, 0.1) is 0 Å². The Bertz CT molecular complexity index is 529. The molecular formula is C17H24N2S. The minimum absolute atomic E-state index is 0.105. The molecule has 0 radical (unpaired) electrons. The Morgan fingerprint density at radius 3 is 2.40 bits per heavy atom. The van der Waals surface area contributed by atoms with Gasteiger partial charge in [0.15, 0.2) is 0 Å². The summed E-state index contributed by atoms with van der Waals surface area (Å²) >= 11 is 1.82. The molecule has 2 rings (SSSR count). The molecular weight excluding hydrogens is 264 g/mol. The maximum atomic E-state index is 5.77. The number of nitrogens with two attached hydrogens (primary N) is 1. The SMILES string of the molecule is CC(c1cccs1)N(C)CC(C)(C)c1ccc(N)cc1. The van der Waals surface area contributed by atoms with Crippen LogP contribution >= 0.6 is 11.3 Å². The average molecular weight is 288 g/mol. The molecule has 0 aliphatic heterocycles. The van der Waals surface area contributed by atoms with E-state index in [1.54, 1.807) is 0 Å². The maximum Gasteiger partial charge on any atom is 0.0410 e. The fraction of sp³-hybridized carbons (Fsp3) is 0.412. The van der Waals surface area contributed by atoms with Crippen molar-refractivity contribution in [3.63, 3.8) is 0 Å². The molecule has 1 atom stereocenters. The number of likely N-dealkylation sites (N-methyl/N-ethyl adjacent to an activating group) is 1. The zero-order valence-electron chi connectivity index (χ0n) is 12.8. The largest absolute Gasteiger partial charge is 0.399 e. The predicted molar refractivity (Wildman–Crippen MR) is 89.2 cm³/mol. The molecule has 0 saturated carbocycles. The lowest BCUT2D eigenvalue weighted by atomic mass is 9.84. The molecule has 2 nitrogen and oxygen atoms in total. The Labute approximate surface area is 126 Å². The Morgan fingerprint density at radius 2 is 1.85 bits per heavy atom. The molecule has 1 heterocycles. The van der Waals surface area contributed by atoms with Crippen molar-refractivity contribution < 1.29 is 0 Å². The van der Waals surface area contributed by atoms with Crippen LogP contribution in [0.4, 0.5) is 5.69 Å². The number of hydrogen-bond donors (Lipinski definition) is 1. The second kappa shape index (κ2) is 5.98. The highest BCUT2D eigenvalue weighted by Crippen LogP contribution is 2.29. The summed E-state index contributed by atoms with van der Waals surface area (Å²) in [5.74, 6) is 0. The van der Waals surface area contributed by atoms with Crippen molar-refractivity contribution in [2.24, 2.45) is 0 Å². The van der Waals surface area contributed by atoms with E-state index < -0.39 is 0 Å². The third kappa shape index (κ3) is 3.41. The molecule has 20 heavy (non-hydrogen) atoms. The van der Waals surface area contributed by atoms with Gasteiger partial charge in [-0.2, -0.15) is 0 Å². The first-order valence-electron chi connectivity index (χ1n) is 7.00. The second-order valence-corrected chi connectivity index (χ2v) is 7.09. The molecule has 0 fully saturated rings. The van der Waals surface area contributed by atoms with Crippen LogP contribution in [0.3, 0.4) is 0 Å². The maximum absolute atomic E-state index is 5.77. The van der Waals surface area contributed by atoms with Gasteiger partial charge in [-0.1, -0.05) is 32.0 Å². The van der Waals surface area contributed by atoms with Gasteiger partial charge < -0.3 is 5.73 Å².